The van der Waals surface area contributed by atoms with Gasteiger partial charge in [0.15, 0.2) is 0 Å². The highest BCUT2D eigenvalue weighted by Gasteiger charge is 2.29. The Labute approximate surface area is 151 Å². The topological polar surface area (TPSA) is 101 Å². The molecule has 0 radical (unpaired) electrons. The summed E-state index contributed by atoms with van der Waals surface area (Å²) in [6, 6.07) is 10.3. The zero-order valence-electron chi connectivity index (χ0n) is 14.6. The zero-order chi connectivity index (χ0) is 18.6. The Morgan fingerprint density at radius 3 is 2.62 bits per heavy atom. The van der Waals surface area contributed by atoms with Crippen molar-refractivity contribution in [1.29, 1.82) is 0 Å². The maximum Gasteiger partial charge on any atom is 0.247 e. The Morgan fingerprint density at radius 1 is 1.27 bits per heavy atom. The van der Waals surface area contributed by atoms with Crippen molar-refractivity contribution >= 4 is 7.37 Å². The molecule has 1 aliphatic rings. The average molecular weight is 378 g/mol. The smallest absolute Gasteiger partial charge is 0.247 e. The van der Waals surface area contributed by atoms with E-state index in [0.29, 0.717) is 13.2 Å². The molecule has 0 spiro atoms. The number of morpholine rings is 1. The van der Waals surface area contributed by atoms with Crippen molar-refractivity contribution in [1.82, 2.24) is 10.3 Å². The molecule has 0 aliphatic carbocycles. The molecule has 2 heterocycles. The first kappa shape index (κ1) is 18.9. The molecule has 2 aromatic rings. The number of aromatic nitrogens is 1. The Kier molecular flexibility index (Phi) is 5.94. The van der Waals surface area contributed by atoms with Gasteiger partial charge in [0, 0.05) is 25.0 Å². The van der Waals surface area contributed by atoms with Crippen molar-refractivity contribution in [2.75, 3.05) is 26.4 Å². The van der Waals surface area contributed by atoms with E-state index in [1.807, 2.05) is 0 Å². The highest BCUT2D eigenvalue weighted by atomic mass is 31.2. The third kappa shape index (κ3) is 5.05. The van der Waals surface area contributed by atoms with Crippen LogP contribution >= 0.6 is 7.37 Å². The Balaban J connectivity index is 1.53. The average Bonchev–Trinajstić information content (AvgIpc) is 2.63. The third-order valence-corrected chi connectivity index (χ3v) is 6.22. The summed E-state index contributed by atoms with van der Waals surface area (Å²) >= 11 is 0. The van der Waals surface area contributed by atoms with Gasteiger partial charge in [-0.3, -0.25) is 9.36 Å². The molecule has 1 saturated heterocycles. The number of benzene rings is 1. The molecule has 1 aliphatic heterocycles. The Morgan fingerprint density at radius 2 is 2.04 bits per heavy atom. The fourth-order valence-electron chi connectivity index (χ4n) is 2.99. The molecule has 0 saturated carbocycles. The molecular formula is C18H23N2O5P. The van der Waals surface area contributed by atoms with Crippen LogP contribution in [0.4, 0.5) is 0 Å². The summed E-state index contributed by atoms with van der Waals surface area (Å²) in [7, 11) is -1.77. The van der Waals surface area contributed by atoms with Gasteiger partial charge in [0.05, 0.1) is 32.0 Å². The van der Waals surface area contributed by atoms with Crippen molar-refractivity contribution < 1.29 is 18.9 Å². The van der Waals surface area contributed by atoms with Crippen molar-refractivity contribution in [3.8, 4) is 5.75 Å². The van der Waals surface area contributed by atoms with Gasteiger partial charge in [-0.1, -0.05) is 18.2 Å². The van der Waals surface area contributed by atoms with Gasteiger partial charge < -0.3 is 24.7 Å². The number of nitrogens with one attached hydrogen (secondary N) is 2. The van der Waals surface area contributed by atoms with Crippen LogP contribution in [0.5, 0.6) is 5.75 Å². The fraction of sp³-hybridized carbons (Fsp3) is 0.389. The van der Waals surface area contributed by atoms with E-state index in [-0.39, 0.29) is 30.0 Å². The van der Waals surface area contributed by atoms with Crippen LogP contribution < -0.4 is 15.6 Å². The molecule has 3 N–H and O–H groups in total. The van der Waals surface area contributed by atoms with Gasteiger partial charge in [-0.15, -0.1) is 0 Å². The first-order chi connectivity index (χ1) is 12.4. The lowest BCUT2D eigenvalue weighted by atomic mass is 10.1. The number of pyridine rings is 1. The van der Waals surface area contributed by atoms with Gasteiger partial charge in [-0.25, -0.2) is 0 Å². The van der Waals surface area contributed by atoms with E-state index in [1.54, 1.807) is 43.6 Å². The zero-order valence-corrected chi connectivity index (χ0v) is 15.4. The van der Waals surface area contributed by atoms with Crippen molar-refractivity contribution in [2.24, 2.45) is 0 Å². The first-order valence-corrected chi connectivity index (χ1v) is 10.5. The van der Waals surface area contributed by atoms with E-state index in [1.165, 1.54) is 6.07 Å². The van der Waals surface area contributed by atoms with Crippen molar-refractivity contribution in [3.05, 3.63) is 64.1 Å². The summed E-state index contributed by atoms with van der Waals surface area (Å²) in [5.74, 6) is 0.717. The minimum Gasteiger partial charge on any atom is -0.497 e. The number of aromatic amines is 1. The maximum absolute atomic E-state index is 12.6. The lowest BCUT2D eigenvalue weighted by Crippen LogP contribution is -2.43. The Bertz CT molecular complexity index is 808. The molecule has 0 amide bonds. The van der Waals surface area contributed by atoms with E-state index in [9.17, 15) is 14.3 Å². The van der Waals surface area contributed by atoms with Crippen LogP contribution in [0.2, 0.25) is 0 Å². The van der Waals surface area contributed by atoms with Crippen molar-refractivity contribution in [3.63, 3.8) is 0 Å². The lowest BCUT2D eigenvalue weighted by Gasteiger charge is -2.31. The molecule has 1 unspecified atom stereocenters. The van der Waals surface area contributed by atoms with E-state index in [4.69, 9.17) is 9.47 Å². The molecule has 0 bridgehead atoms. The van der Waals surface area contributed by atoms with E-state index in [0.717, 1.165) is 16.9 Å². The summed E-state index contributed by atoms with van der Waals surface area (Å²) in [4.78, 5) is 24.1. The highest BCUT2D eigenvalue weighted by Crippen LogP contribution is 2.45. The third-order valence-electron chi connectivity index (χ3n) is 4.38. The number of rotatable bonds is 6. The second-order valence-corrected chi connectivity index (χ2v) is 8.81. The summed E-state index contributed by atoms with van der Waals surface area (Å²) in [5, 5.41) is 3.31. The molecule has 140 valence electrons. The molecule has 1 aromatic heterocycles. The molecule has 1 aromatic carbocycles. The fourth-order valence-corrected chi connectivity index (χ4v) is 4.77. The number of hydrogen-bond donors (Lipinski definition) is 3. The quantitative estimate of drug-likeness (QED) is 0.664. The normalized spacial score (nSPS) is 22.5. The van der Waals surface area contributed by atoms with Crippen LogP contribution in [-0.2, 0) is 15.5 Å². The van der Waals surface area contributed by atoms with E-state index < -0.39 is 7.37 Å². The number of H-pyrrole nitrogens is 1. The number of hydrogen-bond acceptors (Lipinski definition) is 5. The van der Waals surface area contributed by atoms with Gasteiger partial charge in [-0.05, 0) is 23.3 Å². The van der Waals surface area contributed by atoms with Crippen LogP contribution in [0.1, 0.15) is 17.2 Å². The molecular weight excluding hydrogens is 355 g/mol. The van der Waals surface area contributed by atoms with Gasteiger partial charge in [0.2, 0.25) is 12.9 Å². The van der Waals surface area contributed by atoms with Gasteiger partial charge >= 0.3 is 0 Å². The molecule has 3 atom stereocenters. The minimum atomic E-state index is -3.36. The van der Waals surface area contributed by atoms with Crippen LogP contribution in [0, 0.1) is 0 Å². The van der Waals surface area contributed by atoms with Crippen LogP contribution in [-0.4, -0.2) is 42.4 Å². The summed E-state index contributed by atoms with van der Waals surface area (Å²) < 4.78 is 23.4. The molecule has 3 rings (SSSR count). The highest BCUT2D eigenvalue weighted by molar-refractivity contribution is 7.57. The molecule has 26 heavy (non-hydrogen) atoms. The SMILES string of the molecule is COc1ccc(CP(=O)(O)C[C@H]2CN[C@@H](c3ccc(=O)[nH]c3)CO2)cc1. The van der Waals surface area contributed by atoms with Gasteiger partial charge in [0.25, 0.3) is 0 Å². The molecule has 1 fully saturated rings. The van der Waals surface area contributed by atoms with Gasteiger partial charge in [0.1, 0.15) is 5.75 Å². The predicted molar refractivity (Wildman–Crippen MR) is 98.9 cm³/mol. The van der Waals surface area contributed by atoms with Crippen LogP contribution in [0.3, 0.4) is 0 Å². The monoisotopic (exact) mass is 378 g/mol. The largest absolute Gasteiger partial charge is 0.497 e. The lowest BCUT2D eigenvalue weighted by molar-refractivity contribution is 0.0156. The second-order valence-electron chi connectivity index (χ2n) is 6.44. The summed E-state index contributed by atoms with van der Waals surface area (Å²) in [6.07, 6.45) is 1.55. The first-order valence-electron chi connectivity index (χ1n) is 8.42. The number of ether oxygens (including phenoxy) is 2. The maximum atomic E-state index is 12.6. The second kappa shape index (κ2) is 8.18. The molecule has 7 nitrogen and oxygen atoms in total. The molecule has 8 heteroatoms. The van der Waals surface area contributed by atoms with Crippen LogP contribution in [0.15, 0.2) is 47.4 Å². The van der Waals surface area contributed by atoms with Gasteiger partial charge in [-0.2, -0.15) is 0 Å². The van der Waals surface area contributed by atoms with E-state index >= 15 is 0 Å². The summed E-state index contributed by atoms with van der Waals surface area (Å²) in [5.41, 5.74) is 1.57. The standard InChI is InChI=1S/C18H23N2O5P/c1-24-15-5-2-13(3-6-15)11-26(22,23)12-16-9-19-17(10-25-16)14-4-7-18(21)20-8-14/h2-8,16-17,19H,9-12H2,1H3,(H,20,21)(H,22,23)/t16-,17-/m1/s1. The Hall–Kier alpha value is -1.92. The number of methoxy groups -OCH3 is 1. The van der Waals surface area contributed by atoms with E-state index in [2.05, 4.69) is 10.3 Å². The minimum absolute atomic E-state index is 0.0391. The van der Waals surface area contributed by atoms with Crippen LogP contribution in [0.25, 0.3) is 0 Å². The summed E-state index contributed by atoms with van der Waals surface area (Å²) in [6.45, 7) is 0.871. The van der Waals surface area contributed by atoms with Crippen molar-refractivity contribution in [2.45, 2.75) is 18.3 Å². The predicted octanol–water partition coefficient (Wildman–Crippen LogP) is 1.88.